The van der Waals surface area contributed by atoms with Crippen molar-refractivity contribution >= 4 is 64.3 Å². The first-order chi connectivity index (χ1) is 16.8. The van der Waals surface area contributed by atoms with Crippen molar-refractivity contribution in [3.05, 3.63) is 98.5 Å². The molecule has 2 saturated heterocycles. The third-order valence-corrected chi connectivity index (χ3v) is 7.48. The minimum atomic E-state index is -0.966. The minimum absolute atomic E-state index is 0.281. The average Bonchev–Trinajstić information content (AvgIpc) is 3.31. The molecule has 3 aliphatic rings. The van der Waals surface area contributed by atoms with E-state index in [1.807, 2.05) is 24.3 Å². The smallest absolute Gasteiger partial charge is 0.240 e. The van der Waals surface area contributed by atoms with E-state index in [1.54, 1.807) is 35.5 Å². The Morgan fingerprint density at radius 2 is 1.46 bits per heavy atom. The molecule has 0 radical (unpaired) electrons. The number of carbonyl (C=O) groups excluding carboxylic acids is 3. The first kappa shape index (κ1) is 22.3. The van der Waals surface area contributed by atoms with Gasteiger partial charge >= 0.3 is 0 Å². The number of hydrogen-bond acceptors (Lipinski definition) is 5. The van der Waals surface area contributed by atoms with Gasteiger partial charge in [-0.3, -0.25) is 19.4 Å². The third-order valence-electron chi connectivity index (χ3n) is 6.80. The van der Waals surface area contributed by atoms with Gasteiger partial charge in [-0.1, -0.05) is 59.1 Å². The Kier molecular flexibility index (Phi) is 5.22. The number of fused-ring (bicyclic) bond motifs is 5. The lowest BCUT2D eigenvalue weighted by Crippen LogP contribution is -2.44. The van der Waals surface area contributed by atoms with Gasteiger partial charge < -0.3 is 0 Å². The molecule has 2 amide bonds. The van der Waals surface area contributed by atoms with Crippen LogP contribution < -0.4 is 4.90 Å². The van der Waals surface area contributed by atoms with Crippen LogP contribution in [0.4, 0.5) is 5.69 Å². The second kappa shape index (κ2) is 8.19. The molecule has 2 fully saturated rings. The van der Waals surface area contributed by atoms with Gasteiger partial charge in [-0.25, -0.2) is 4.90 Å². The molecule has 0 saturated carbocycles. The molecule has 0 spiro atoms. The van der Waals surface area contributed by atoms with Gasteiger partial charge in [-0.15, -0.1) is 0 Å². The van der Waals surface area contributed by atoms with Crippen LogP contribution in [0.2, 0.25) is 15.1 Å². The Morgan fingerprint density at radius 1 is 0.800 bits per heavy atom. The number of anilines is 1. The maximum absolute atomic E-state index is 13.8. The predicted octanol–water partition coefficient (Wildman–Crippen LogP) is 5.41. The zero-order chi connectivity index (χ0) is 24.4. The number of rotatable bonds is 3. The summed E-state index contributed by atoms with van der Waals surface area (Å²) in [6.45, 7) is 0. The standard InChI is InChI=1S/C26H16Cl3N3O3/c27-15-7-5-13(6-8-15)24(33)23-21-20(22-19-4-2-1-3-14(19)12-30-32(22)23)25(34)31(26(21)35)18-10-16(28)9-17(29)11-18/h1-12,20-23H/t20-,21+,22+,23-/m0/s1. The topological polar surface area (TPSA) is 70.0 Å². The van der Waals surface area contributed by atoms with E-state index in [4.69, 9.17) is 34.8 Å². The van der Waals surface area contributed by atoms with E-state index in [2.05, 4.69) is 5.10 Å². The monoisotopic (exact) mass is 523 g/mol. The van der Waals surface area contributed by atoms with Crippen LogP contribution >= 0.6 is 34.8 Å². The van der Waals surface area contributed by atoms with Gasteiger partial charge in [0.25, 0.3) is 0 Å². The van der Waals surface area contributed by atoms with Crippen molar-refractivity contribution in [3.63, 3.8) is 0 Å². The molecule has 3 heterocycles. The fraction of sp³-hybridized carbons (Fsp3) is 0.154. The van der Waals surface area contributed by atoms with Gasteiger partial charge in [-0.05, 0) is 53.6 Å². The Balaban J connectivity index is 1.50. The van der Waals surface area contributed by atoms with E-state index in [1.165, 1.54) is 18.2 Å². The van der Waals surface area contributed by atoms with Crippen molar-refractivity contribution in [2.45, 2.75) is 12.1 Å². The van der Waals surface area contributed by atoms with Gasteiger partial charge in [-0.2, -0.15) is 5.10 Å². The Morgan fingerprint density at radius 3 is 2.17 bits per heavy atom. The highest BCUT2D eigenvalue weighted by atomic mass is 35.5. The summed E-state index contributed by atoms with van der Waals surface area (Å²) in [6.07, 6.45) is 1.67. The van der Waals surface area contributed by atoms with Crippen LogP contribution in [0.15, 0.2) is 71.8 Å². The normalized spacial score (nSPS) is 24.4. The molecule has 6 rings (SSSR count). The summed E-state index contributed by atoms with van der Waals surface area (Å²) in [4.78, 5) is 42.6. The van der Waals surface area contributed by atoms with Crippen LogP contribution in [0.3, 0.4) is 0 Å². The number of benzene rings is 3. The van der Waals surface area contributed by atoms with E-state index in [9.17, 15) is 14.4 Å². The van der Waals surface area contributed by atoms with E-state index < -0.39 is 35.7 Å². The summed E-state index contributed by atoms with van der Waals surface area (Å²) in [5.74, 6) is -2.93. The molecule has 0 aliphatic carbocycles. The molecule has 9 heteroatoms. The van der Waals surface area contributed by atoms with Gasteiger partial charge in [0.1, 0.15) is 6.04 Å². The third kappa shape index (κ3) is 3.39. The number of Topliss-reactive ketones (excluding diaryl/α,β-unsaturated/α-hetero) is 1. The van der Waals surface area contributed by atoms with Gasteiger partial charge in [0, 0.05) is 20.6 Å². The number of ketones is 1. The molecule has 0 N–H and O–H groups in total. The molecule has 6 nitrogen and oxygen atoms in total. The van der Waals surface area contributed by atoms with Crippen molar-refractivity contribution in [2.24, 2.45) is 16.9 Å². The minimum Gasteiger partial charge on any atom is -0.292 e. The fourth-order valence-corrected chi connectivity index (χ4v) is 6.02. The molecular weight excluding hydrogens is 509 g/mol. The number of amides is 2. The van der Waals surface area contributed by atoms with E-state index in [0.717, 1.165) is 16.0 Å². The van der Waals surface area contributed by atoms with Crippen LogP contribution in [0, 0.1) is 11.8 Å². The summed E-state index contributed by atoms with van der Waals surface area (Å²) in [5.41, 5.74) is 2.36. The van der Waals surface area contributed by atoms with Crippen molar-refractivity contribution in [1.82, 2.24) is 5.01 Å². The highest BCUT2D eigenvalue weighted by Gasteiger charge is 2.65. The van der Waals surface area contributed by atoms with E-state index in [-0.39, 0.29) is 11.5 Å². The lowest BCUT2D eigenvalue weighted by molar-refractivity contribution is -0.124. The summed E-state index contributed by atoms with van der Waals surface area (Å²) in [5, 5.41) is 7.26. The van der Waals surface area contributed by atoms with Crippen molar-refractivity contribution < 1.29 is 14.4 Å². The molecule has 0 aromatic heterocycles. The fourth-order valence-electron chi connectivity index (χ4n) is 5.38. The summed E-state index contributed by atoms with van der Waals surface area (Å²) in [6, 6.07) is 17.1. The number of imide groups is 1. The van der Waals surface area contributed by atoms with Gasteiger partial charge in [0.05, 0.1) is 29.8 Å². The molecule has 35 heavy (non-hydrogen) atoms. The molecule has 4 atom stereocenters. The Hall–Kier alpha value is -3.19. The van der Waals surface area contributed by atoms with Crippen LogP contribution in [0.25, 0.3) is 0 Å². The second-order valence-electron chi connectivity index (χ2n) is 8.71. The van der Waals surface area contributed by atoms with Crippen LogP contribution in [0.5, 0.6) is 0 Å². The predicted molar refractivity (Wildman–Crippen MR) is 134 cm³/mol. The summed E-state index contributed by atoms with van der Waals surface area (Å²) < 4.78 is 0. The molecule has 174 valence electrons. The first-order valence-corrected chi connectivity index (χ1v) is 12.0. The molecular formula is C26H16Cl3N3O3. The van der Waals surface area contributed by atoms with Gasteiger partial charge in [0.2, 0.25) is 11.8 Å². The van der Waals surface area contributed by atoms with Crippen LogP contribution in [-0.2, 0) is 9.59 Å². The molecule has 3 aliphatic heterocycles. The van der Waals surface area contributed by atoms with Gasteiger partial charge in [0.15, 0.2) is 5.78 Å². The molecule has 0 bridgehead atoms. The van der Waals surface area contributed by atoms with Crippen LogP contribution in [0.1, 0.15) is 27.5 Å². The van der Waals surface area contributed by atoms with E-state index >= 15 is 0 Å². The number of hydrogen-bond donors (Lipinski definition) is 0. The molecule has 3 aromatic carbocycles. The Bertz CT molecular complexity index is 1420. The lowest BCUT2D eigenvalue weighted by atomic mass is 9.83. The summed E-state index contributed by atoms with van der Waals surface area (Å²) in [7, 11) is 0. The quantitative estimate of drug-likeness (QED) is 0.339. The molecule has 0 unspecified atom stereocenters. The Labute approximate surface area is 215 Å². The first-order valence-electron chi connectivity index (χ1n) is 10.9. The highest BCUT2D eigenvalue weighted by Crippen LogP contribution is 2.53. The summed E-state index contributed by atoms with van der Waals surface area (Å²) >= 11 is 18.4. The van der Waals surface area contributed by atoms with Crippen molar-refractivity contribution in [2.75, 3.05) is 4.90 Å². The second-order valence-corrected chi connectivity index (χ2v) is 10.0. The number of nitrogens with zero attached hydrogens (tertiary/aromatic N) is 3. The number of hydrazone groups is 1. The maximum atomic E-state index is 13.8. The van der Waals surface area contributed by atoms with E-state index in [0.29, 0.717) is 20.6 Å². The maximum Gasteiger partial charge on any atom is 0.240 e. The number of halogens is 3. The largest absolute Gasteiger partial charge is 0.292 e. The zero-order valence-corrected chi connectivity index (χ0v) is 20.2. The molecule has 3 aromatic rings. The van der Waals surface area contributed by atoms with Crippen molar-refractivity contribution in [1.29, 1.82) is 0 Å². The van der Waals surface area contributed by atoms with Crippen LogP contribution in [-0.4, -0.2) is 34.9 Å². The SMILES string of the molecule is O=C(c1ccc(Cl)cc1)[C@@H]1[C@@H]2C(=O)N(c3cc(Cl)cc(Cl)c3)C(=O)[C@@H]2[C@H]2c3ccccc3C=NN12. The zero-order valence-electron chi connectivity index (χ0n) is 17.9. The van der Waals surface area contributed by atoms with Crippen molar-refractivity contribution in [3.8, 4) is 0 Å². The lowest BCUT2D eigenvalue weighted by Gasteiger charge is -2.33. The highest BCUT2D eigenvalue weighted by molar-refractivity contribution is 6.36. The number of carbonyl (C=O) groups is 3. The average molecular weight is 525 g/mol.